The van der Waals surface area contributed by atoms with E-state index in [-0.39, 0.29) is 11.6 Å². The highest BCUT2D eigenvalue weighted by Crippen LogP contribution is 2.24. The van der Waals surface area contributed by atoms with Crippen molar-refractivity contribution in [3.05, 3.63) is 47.4 Å². The standard InChI is InChI=1S/C22H26F3N3O4/c1-14-11-17(15(2)31-14)13-28-9-7-16(8-10-28)12-26-20(29)21(30)27-18-3-5-19(6-4-18)32-22(23,24)25/h3-6,11,16H,7-10,12-13H2,1-2H3,(H,26,29)(H,27,30). The van der Waals surface area contributed by atoms with E-state index in [0.29, 0.717) is 6.54 Å². The van der Waals surface area contributed by atoms with Crippen LogP contribution in [0.2, 0.25) is 0 Å². The number of halogens is 3. The highest BCUT2D eigenvalue weighted by molar-refractivity contribution is 6.39. The molecule has 1 aliphatic rings. The first-order valence-corrected chi connectivity index (χ1v) is 10.3. The Labute approximate surface area is 183 Å². The SMILES string of the molecule is Cc1cc(CN2CCC(CNC(=O)C(=O)Nc3ccc(OC(F)(F)F)cc3)CC2)c(C)o1. The summed E-state index contributed by atoms with van der Waals surface area (Å²) in [6, 6.07) is 6.62. The summed E-state index contributed by atoms with van der Waals surface area (Å²) in [6.45, 7) is 6.89. The summed E-state index contributed by atoms with van der Waals surface area (Å²) in [4.78, 5) is 26.5. The first kappa shape index (κ1) is 23.6. The number of aryl methyl sites for hydroxylation is 2. The molecule has 32 heavy (non-hydrogen) atoms. The summed E-state index contributed by atoms with van der Waals surface area (Å²) in [6.07, 6.45) is -2.99. The van der Waals surface area contributed by atoms with Crippen LogP contribution in [-0.2, 0) is 16.1 Å². The van der Waals surface area contributed by atoms with Gasteiger partial charge in [0.1, 0.15) is 17.3 Å². The van der Waals surface area contributed by atoms with Gasteiger partial charge in [0.2, 0.25) is 0 Å². The second-order valence-electron chi connectivity index (χ2n) is 7.89. The van der Waals surface area contributed by atoms with Crippen molar-refractivity contribution in [2.45, 2.75) is 39.6 Å². The van der Waals surface area contributed by atoms with E-state index in [1.165, 1.54) is 17.7 Å². The fourth-order valence-corrected chi connectivity index (χ4v) is 3.68. The van der Waals surface area contributed by atoms with E-state index >= 15 is 0 Å². The number of carbonyl (C=O) groups excluding carboxylic acids is 2. The second kappa shape index (κ2) is 10.1. The molecule has 0 atom stereocenters. The second-order valence-corrected chi connectivity index (χ2v) is 7.89. The Morgan fingerprint density at radius 3 is 2.34 bits per heavy atom. The van der Waals surface area contributed by atoms with Gasteiger partial charge in [-0.25, -0.2) is 0 Å². The van der Waals surface area contributed by atoms with Gasteiger partial charge in [0.25, 0.3) is 0 Å². The van der Waals surface area contributed by atoms with Crippen LogP contribution in [0.25, 0.3) is 0 Å². The van der Waals surface area contributed by atoms with E-state index in [0.717, 1.165) is 56.1 Å². The maximum Gasteiger partial charge on any atom is 0.573 e. The zero-order valence-electron chi connectivity index (χ0n) is 17.9. The third kappa shape index (κ3) is 7.01. The molecule has 0 spiro atoms. The molecule has 0 saturated carbocycles. The van der Waals surface area contributed by atoms with Crippen molar-refractivity contribution in [1.29, 1.82) is 0 Å². The number of alkyl halides is 3. The molecule has 0 unspecified atom stereocenters. The van der Waals surface area contributed by atoms with Gasteiger partial charge in [-0.1, -0.05) is 0 Å². The van der Waals surface area contributed by atoms with Crippen LogP contribution in [0.1, 0.15) is 29.9 Å². The molecule has 2 aromatic rings. The predicted octanol–water partition coefficient (Wildman–Crippen LogP) is 3.76. The highest BCUT2D eigenvalue weighted by atomic mass is 19.4. The Hall–Kier alpha value is -3.01. The van der Waals surface area contributed by atoms with Crippen molar-refractivity contribution in [3.8, 4) is 5.75 Å². The maximum absolute atomic E-state index is 12.2. The molecule has 2 N–H and O–H groups in total. The van der Waals surface area contributed by atoms with Crippen molar-refractivity contribution in [2.24, 2.45) is 5.92 Å². The number of carbonyl (C=O) groups is 2. The lowest BCUT2D eigenvalue weighted by atomic mass is 9.96. The highest BCUT2D eigenvalue weighted by Gasteiger charge is 2.31. The lowest BCUT2D eigenvalue weighted by Gasteiger charge is -2.31. The number of hydrogen-bond acceptors (Lipinski definition) is 5. The molecule has 1 saturated heterocycles. The van der Waals surface area contributed by atoms with Crippen LogP contribution in [0.5, 0.6) is 5.75 Å². The number of piperidine rings is 1. The summed E-state index contributed by atoms with van der Waals surface area (Å²) < 4.78 is 45.9. The molecule has 1 aromatic carbocycles. The van der Waals surface area contributed by atoms with Crippen molar-refractivity contribution in [3.63, 3.8) is 0 Å². The van der Waals surface area contributed by atoms with Crippen LogP contribution in [0.15, 0.2) is 34.7 Å². The summed E-state index contributed by atoms with van der Waals surface area (Å²) in [5.41, 5.74) is 1.38. The molecular formula is C22H26F3N3O4. The molecule has 2 heterocycles. The van der Waals surface area contributed by atoms with Crippen molar-refractivity contribution < 1.29 is 31.9 Å². The number of amides is 2. The molecule has 0 radical (unpaired) electrons. The quantitative estimate of drug-likeness (QED) is 0.651. The van der Waals surface area contributed by atoms with Crippen LogP contribution in [0.3, 0.4) is 0 Å². The van der Waals surface area contributed by atoms with Gasteiger partial charge in [0.15, 0.2) is 0 Å². The predicted molar refractivity (Wildman–Crippen MR) is 111 cm³/mol. The molecule has 3 rings (SSSR count). The van der Waals surface area contributed by atoms with Gasteiger partial charge in [-0.05, 0) is 76.0 Å². The number of nitrogens with one attached hydrogen (secondary N) is 2. The first-order valence-electron chi connectivity index (χ1n) is 10.3. The van der Waals surface area contributed by atoms with E-state index in [9.17, 15) is 22.8 Å². The topological polar surface area (TPSA) is 83.8 Å². The molecule has 1 fully saturated rings. The van der Waals surface area contributed by atoms with E-state index in [1.807, 2.05) is 13.8 Å². The van der Waals surface area contributed by atoms with Crippen LogP contribution < -0.4 is 15.4 Å². The number of nitrogens with zero attached hydrogens (tertiary/aromatic N) is 1. The normalized spacial score (nSPS) is 15.4. The Morgan fingerprint density at radius 2 is 1.78 bits per heavy atom. The van der Waals surface area contributed by atoms with Crippen molar-refractivity contribution in [2.75, 3.05) is 25.0 Å². The van der Waals surface area contributed by atoms with Crippen LogP contribution >= 0.6 is 0 Å². The zero-order valence-corrected chi connectivity index (χ0v) is 17.9. The van der Waals surface area contributed by atoms with Gasteiger partial charge in [0, 0.05) is 24.3 Å². The third-order valence-corrected chi connectivity index (χ3v) is 5.35. The number of benzene rings is 1. The van der Waals surface area contributed by atoms with Gasteiger partial charge in [-0.15, -0.1) is 13.2 Å². The smallest absolute Gasteiger partial charge is 0.466 e. The summed E-state index contributed by atoms with van der Waals surface area (Å²) in [7, 11) is 0. The minimum atomic E-state index is -4.79. The molecule has 1 aromatic heterocycles. The molecule has 10 heteroatoms. The molecule has 174 valence electrons. The van der Waals surface area contributed by atoms with Gasteiger partial charge < -0.3 is 19.8 Å². The molecule has 7 nitrogen and oxygen atoms in total. The fourth-order valence-electron chi connectivity index (χ4n) is 3.68. The molecule has 0 aliphatic carbocycles. The Balaban J connectivity index is 1.38. The molecule has 0 bridgehead atoms. The summed E-state index contributed by atoms with van der Waals surface area (Å²) in [5.74, 6) is 0.0352. The van der Waals surface area contributed by atoms with Crippen molar-refractivity contribution in [1.82, 2.24) is 10.2 Å². The van der Waals surface area contributed by atoms with Crippen molar-refractivity contribution >= 4 is 17.5 Å². The van der Waals surface area contributed by atoms with Gasteiger partial charge in [-0.2, -0.15) is 0 Å². The largest absolute Gasteiger partial charge is 0.573 e. The number of anilines is 1. The molecule has 1 aliphatic heterocycles. The van der Waals surface area contributed by atoms with Gasteiger partial charge in [0.05, 0.1) is 0 Å². The average Bonchev–Trinajstić information content (AvgIpc) is 3.04. The number of likely N-dealkylation sites (tertiary alicyclic amines) is 1. The Kier molecular flexibility index (Phi) is 7.44. The maximum atomic E-state index is 12.2. The summed E-state index contributed by atoms with van der Waals surface area (Å²) >= 11 is 0. The first-order chi connectivity index (χ1) is 15.1. The lowest BCUT2D eigenvalue weighted by Crippen LogP contribution is -2.41. The monoisotopic (exact) mass is 453 g/mol. The average molecular weight is 453 g/mol. The van der Waals surface area contributed by atoms with Gasteiger partial charge in [-0.3, -0.25) is 14.5 Å². The molecular weight excluding hydrogens is 427 g/mol. The zero-order chi connectivity index (χ0) is 23.3. The van der Waals surface area contributed by atoms with E-state index in [1.54, 1.807) is 0 Å². The van der Waals surface area contributed by atoms with Crippen LogP contribution in [0, 0.1) is 19.8 Å². The van der Waals surface area contributed by atoms with E-state index < -0.39 is 23.9 Å². The van der Waals surface area contributed by atoms with Crippen LogP contribution in [-0.4, -0.2) is 42.7 Å². The van der Waals surface area contributed by atoms with Crippen LogP contribution in [0.4, 0.5) is 18.9 Å². The molecule has 2 amide bonds. The number of furan rings is 1. The number of ether oxygens (including phenoxy) is 1. The lowest BCUT2D eigenvalue weighted by molar-refractivity contribution is -0.274. The Bertz CT molecular complexity index is 933. The summed E-state index contributed by atoms with van der Waals surface area (Å²) in [5, 5.41) is 4.99. The minimum Gasteiger partial charge on any atom is -0.466 e. The number of rotatable bonds is 6. The van der Waals surface area contributed by atoms with E-state index in [2.05, 4.69) is 26.3 Å². The fraction of sp³-hybridized carbons (Fsp3) is 0.455. The van der Waals surface area contributed by atoms with E-state index in [4.69, 9.17) is 4.42 Å². The third-order valence-electron chi connectivity index (χ3n) is 5.35. The van der Waals surface area contributed by atoms with Gasteiger partial charge >= 0.3 is 18.2 Å². The number of hydrogen-bond donors (Lipinski definition) is 2. The Morgan fingerprint density at radius 1 is 1.12 bits per heavy atom. The minimum absolute atomic E-state index is 0.192.